The lowest BCUT2D eigenvalue weighted by Crippen LogP contribution is -2.12. The summed E-state index contributed by atoms with van der Waals surface area (Å²) < 4.78 is 10.5. The molecule has 0 aliphatic carbocycles. The van der Waals surface area contributed by atoms with Crippen LogP contribution in [0, 0.1) is 0 Å². The van der Waals surface area contributed by atoms with Gasteiger partial charge in [0.15, 0.2) is 0 Å². The Labute approximate surface area is 225 Å². The Morgan fingerprint density at radius 3 is 1.59 bits per heavy atom. The predicted octanol–water partition coefficient (Wildman–Crippen LogP) is 4.43. The van der Waals surface area contributed by atoms with Crippen LogP contribution in [-0.2, 0) is 12.8 Å². The molecule has 0 atom stereocenters. The van der Waals surface area contributed by atoms with E-state index in [0.717, 1.165) is 34.4 Å². The zero-order chi connectivity index (χ0) is 26.0. The van der Waals surface area contributed by atoms with E-state index in [1.54, 1.807) is 48.2 Å². The number of aryl methyl sites for hydroxylation is 2. The third kappa shape index (κ3) is 7.24. The van der Waals surface area contributed by atoms with Gasteiger partial charge in [-0.3, -0.25) is 20.2 Å². The van der Waals surface area contributed by atoms with Gasteiger partial charge in [-0.25, -0.2) is 0 Å². The van der Waals surface area contributed by atoms with Gasteiger partial charge in [-0.05, 0) is 35.8 Å². The SMILES string of the molecule is COc1ccccc1C(=O)Nc1nnc(CCSCCc2nnc(NC(=O)c3ccccc3OC)s2)s1. The molecular formula is C24H24N6O4S3. The second-order valence-electron chi connectivity index (χ2n) is 7.42. The highest BCUT2D eigenvalue weighted by Crippen LogP contribution is 2.23. The van der Waals surface area contributed by atoms with E-state index in [9.17, 15) is 9.59 Å². The smallest absolute Gasteiger partial charge is 0.261 e. The van der Waals surface area contributed by atoms with Gasteiger partial charge in [-0.15, -0.1) is 20.4 Å². The van der Waals surface area contributed by atoms with Gasteiger partial charge >= 0.3 is 0 Å². The molecule has 10 nitrogen and oxygen atoms in total. The van der Waals surface area contributed by atoms with E-state index < -0.39 is 0 Å². The van der Waals surface area contributed by atoms with Gasteiger partial charge in [-0.1, -0.05) is 46.9 Å². The van der Waals surface area contributed by atoms with Crippen LogP contribution in [-0.4, -0.2) is 57.9 Å². The van der Waals surface area contributed by atoms with Crippen molar-refractivity contribution in [1.82, 2.24) is 20.4 Å². The zero-order valence-corrected chi connectivity index (χ0v) is 22.5. The van der Waals surface area contributed by atoms with Crippen LogP contribution in [0.15, 0.2) is 48.5 Å². The van der Waals surface area contributed by atoms with Gasteiger partial charge in [0.05, 0.1) is 25.3 Å². The van der Waals surface area contributed by atoms with Crippen molar-refractivity contribution in [2.24, 2.45) is 0 Å². The van der Waals surface area contributed by atoms with Gasteiger partial charge in [0, 0.05) is 12.8 Å². The average Bonchev–Trinajstić information content (AvgIpc) is 3.57. The number of carbonyl (C=O) groups excluding carboxylic acids is 2. The molecule has 2 aromatic carbocycles. The molecule has 0 radical (unpaired) electrons. The number of ether oxygens (including phenoxy) is 2. The van der Waals surface area contributed by atoms with Gasteiger partial charge in [0.25, 0.3) is 11.8 Å². The maximum atomic E-state index is 12.5. The number of nitrogens with one attached hydrogen (secondary N) is 2. The largest absolute Gasteiger partial charge is 0.496 e. The quantitative estimate of drug-likeness (QED) is 0.244. The van der Waals surface area contributed by atoms with Crippen LogP contribution in [0.4, 0.5) is 10.3 Å². The number of para-hydroxylation sites is 2. The number of carbonyl (C=O) groups is 2. The van der Waals surface area contributed by atoms with Crippen molar-refractivity contribution >= 4 is 56.5 Å². The fourth-order valence-corrected chi connectivity index (χ4v) is 5.83. The first kappa shape index (κ1) is 26.5. The highest BCUT2D eigenvalue weighted by Gasteiger charge is 2.15. The Morgan fingerprint density at radius 1 is 0.730 bits per heavy atom. The van der Waals surface area contributed by atoms with Gasteiger partial charge < -0.3 is 9.47 Å². The number of anilines is 2. The van der Waals surface area contributed by atoms with Crippen molar-refractivity contribution in [3.05, 3.63) is 69.7 Å². The molecule has 0 fully saturated rings. The molecule has 0 saturated heterocycles. The number of aromatic nitrogens is 4. The summed E-state index contributed by atoms with van der Waals surface area (Å²) in [6.07, 6.45) is 1.48. The Bertz CT molecular complexity index is 1260. The monoisotopic (exact) mass is 556 g/mol. The number of rotatable bonds is 12. The van der Waals surface area contributed by atoms with E-state index in [4.69, 9.17) is 9.47 Å². The van der Waals surface area contributed by atoms with Crippen molar-refractivity contribution in [2.45, 2.75) is 12.8 Å². The molecule has 2 amide bonds. The molecule has 13 heteroatoms. The molecule has 192 valence electrons. The van der Waals surface area contributed by atoms with Gasteiger partial charge in [0.2, 0.25) is 10.3 Å². The topological polar surface area (TPSA) is 128 Å². The lowest BCUT2D eigenvalue weighted by Gasteiger charge is -2.06. The first-order valence-electron chi connectivity index (χ1n) is 11.2. The van der Waals surface area contributed by atoms with Crippen LogP contribution < -0.4 is 20.1 Å². The van der Waals surface area contributed by atoms with E-state index in [2.05, 4.69) is 31.0 Å². The summed E-state index contributed by atoms with van der Waals surface area (Å²) in [6, 6.07) is 14.0. The second-order valence-corrected chi connectivity index (χ2v) is 10.8. The fourth-order valence-electron chi connectivity index (χ4n) is 3.22. The van der Waals surface area contributed by atoms with Crippen molar-refractivity contribution in [2.75, 3.05) is 36.4 Å². The van der Waals surface area contributed by atoms with Crippen LogP contribution >= 0.6 is 34.4 Å². The standard InChI is InChI=1S/C24H24N6O4S3/c1-33-17-9-5-3-7-15(17)21(31)25-23-29-27-19(36-23)11-13-35-14-12-20-28-30-24(37-20)26-22(32)16-8-4-6-10-18(16)34-2/h3-10H,11-14H2,1-2H3,(H,25,29,31)(H,26,30,32). The van der Waals surface area contributed by atoms with Gasteiger partial charge in [0.1, 0.15) is 21.5 Å². The first-order chi connectivity index (χ1) is 18.1. The van der Waals surface area contributed by atoms with Crippen LogP contribution in [0.3, 0.4) is 0 Å². The minimum absolute atomic E-state index is 0.287. The van der Waals surface area contributed by atoms with Crippen molar-refractivity contribution in [3.8, 4) is 11.5 Å². The molecule has 0 spiro atoms. The van der Waals surface area contributed by atoms with Crippen molar-refractivity contribution in [3.63, 3.8) is 0 Å². The summed E-state index contributed by atoms with van der Waals surface area (Å²) in [5.74, 6) is 2.14. The summed E-state index contributed by atoms with van der Waals surface area (Å²) in [6.45, 7) is 0. The molecule has 2 N–H and O–H groups in total. The molecule has 0 unspecified atom stereocenters. The molecule has 37 heavy (non-hydrogen) atoms. The summed E-state index contributed by atoms with van der Waals surface area (Å²) in [4.78, 5) is 25.0. The maximum absolute atomic E-state index is 12.5. The maximum Gasteiger partial charge on any atom is 0.261 e. The minimum atomic E-state index is -0.287. The fraction of sp³-hybridized carbons (Fsp3) is 0.250. The molecule has 0 saturated carbocycles. The summed E-state index contributed by atoms with van der Waals surface area (Å²) in [5, 5.41) is 24.6. The predicted molar refractivity (Wildman–Crippen MR) is 146 cm³/mol. The Hall–Kier alpha value is -3.55. The molecule has 0 aliphatic rings. The number of hydrogen-bond donors (Lipinski definition) is 2. The molecule has 2 aromatic heterocycles. The van der Waals surface area contributed by atoms with Crippen LogP contribution in [0.5, 0.6) is 11.5 Å². The van der Waals surface area contributed by atoms with Crippen molar-refractivity contribution < 1.29 is 19.1 Å². The lowest BCUT2D eigenvalue weighted by molar-refractivity contribution is 0.101. The average molecular weight is 557 g/mol. The highest BCUT2D eigenvalue weighted by molar-refractivity contribution is 7.99. The molecule has 4 aromatic rings. The molecule has 2 heterocycles. The molecule has 4 rings (SSSR count). The van der Waals surface area contributed by atoms with E-state index in [1.807, 2.05) is 12.1 Å². The van der Waals surface area contributed by atoms with Crippen LogP contribution in [0.25, 0.3) is 0 Å². The normalized spacial score (nSPS) is 10.6. The first-order valence-corrected chi connectivity index (χ1v) is 14.0. The zero-order valence-electron chi connectivity index (χ0n) is 20.1. The number of benzene rings is 2. The third-order valence-electron chi connectivity index (χ3n) is 5.00. The Balaban J connectivity index is 1.18. The van der Waals surface area contributed by atoms with E-state index in [0.29, 0.717) is 32.9 Å². The molecular weight excluding hydrogens is 533 g/mol. The molecule has 0 bridgehead atoms. The minimum Gasteiger partial charge on any atom is -0.496 e. The Kier molecular flexibility index (Phi) is 9.40. The summed E-state index contributed by atoms with van der Waals surface area (Å²) in [5.41, 5.74) is 0.882. The van der Waals surface area contributed by atoms with E-state index in [1.165, 1.54) is 36.9 Å². The lowest BCUT2D eigenvalue weighted by atomic mass is 10.2. The summed E-state index contributed by atoms with van der Waals surface area (Å²) in [7, 11) is 3.05. The Morgan fingerprint density at radius 2 is 1.16 bits per heavy atom. The number of thioether (sulfide) groups is 1. The number of nitrogens with zero attached hydrogens (tertiary/aromatic N) is 4. The molecule has 0 aliphatic heterocycles. The highest BCUT2D eigenvalue weighted by atomic mass is 32.2. The van der Waals surface area contributed by atoms with Crippen LogP contribution in [0.1, 0.15) is 30.7 Å². The summed E-state index contributed by atoms with van der Waals surface area (Å²) >= 11 is 4.47. The number of methoxy groups -OCH3 is 2. The van der Waals surface area contributed by atoms with E-state index in [-0.39, 0.29) is 11.8 Å². The number of hydrogen-bond acceptors (Lipinski definition) is 11. The number of amides is 2. The van der Waals surface area contributed by atoms with E-state index >= 15 is 0 Å². The third-order valence-corrected chi connectivity index (χ3v) is 7.78. The van der Waals surface area contributed by atoms with Crippen molar-refractivity contribution in [1.29, 1.82) is 0 Å². The van der Waals surface area contributed by atoms with Gasteiger partial charge in [-0.2, -0.15) is 11.8 Å². The second kappa shape index (κ2) is 13.1. The van der Waals surface area contributed by atoms with Crippen LogP contribution in [0.2, 0.25) is 0 Å².